The van der Waals surface area contributed by atoms with Crippen LogP contribution in [0.25, 0.3) is 0 Å². The van der Waals surface area contributed by atoms with Gasteiger partial charge in [-0.1, -0.05) is 18.5 Å². The molecule has 0 saturated heterocycles. The fourth-order valence-corrected chi connectivity index (χ4v) is 1.36. The minimum Gasteiger partial charge on any atom is -0.411 e. The van der Waals surface area contributed by atoms with Crippen LogP contribution >= 0.6 is 11.6 Å². The van der Waals surface area contributed by atoms with Crippen LogP contribution in [0.3, 0.4) is 0 Å². The molecule has 0 fully saturated rings. The van der Waals surface area contributed by atoms with Gasteiger partial charge in [-0.05, 0) is 27.2 Å². The molecule has 0 radical (unpaired) electrons. The van der Waals surface area contributed by atoms with Crippen molar-refractivity contribution in [3.8, 4) is 0 Å². The Morgan fingerprint density at radius 2 is 2.25 bits per heavy atom. The van der Waals surface area contributed by atoms with Gasteiger partial charge in [-0.25, -0.2) is 0 Å². The molecule has 1 atom stereocenters. The molecule has 0 N–H and O–H groups in total. The predicted octanol–water partition coefficient (Wildman–Crippen LogP) is 2.89. The van der Waals surface area contributed by atoms with Gasteiger partial charge in [-0.2, -0.15) is 0 Å². The lowest BCUT2D eigenvalue weighted by Gasteiger charge is -2.35. The monoisotopic (exact) mass is 189 g/mol. The Bertz CT molecular complexity index is 201. The Morgan fingerprint density at radius 1 is 1.67 bits per heavy atom. The zero-order valence-corrected chi connectivity index (χ0v) is 8.85. The van der Waals surface area contributed by atoms with E-state index in [1.165, 1.54) is 0 Å². The lowest BCUT2D eigenvalue weighted by molar-refractivity contribution is -0.169. The van der Waals surface area contributed by atoms with Crippen LogP contribution in [0.2, 0.25) is 0 Å². The molecule has 12 heavy (non-hydrogen) atoms. The van der Waals surface area contributed by atoms with E-state index < -0.39 is 0 Å². The summed E-state index contributed by atoms with van der Waals surface area (Å²) in [5.41, 5.74) is 0.0482. The maximum absolute atomic E-state index is 5.91. The molecular formula is C9H16ClNO. The van der Waals surface area contributed by atoms with Crippen LogP contribution in [0.1, 0.15) is 34.1 Å². The summed E-state index contributed by atoms with van der Waals surface area (Å²) in [6, 6.07) is 0.182. The summed E-state index contributed by atoms with van der Waals surface area (Å²) in [6.45, 7) is 8.48. The van der Waals surface area contributed by atoms with Crippen molar-refractivity contribution in [2.75, 3.05) is 0 Å². The second-order valence-corrected chi connectivity index (χ2v) is 4.21. The Morgan fingerprint density at radius 3 is 2.58 bits per heavy atom. The van der Waals surface area contributed by atoms with Gasteiger partial charge in [0.05, 0.1) is 16.6 Å². The van der Waals surface area contributed by atoms with Crippen LogP contribution in [0.5, 0.6) is 0 Å². The second-order valence-electron chi connectivity index (χ2n) is 3.78. The van der Waals surface area contributed by atoms with Crippen molar-refractivity contribution >= 4 is 11.6 Å². The van der Waals surface area contributed by atoms with Gasteiger partial charge < -0.3 is 4.84 Å². The summed E-state index contributed by atoms with van der Waals surface area (Å²) in [7, 11) is 0. The summed E-state index contributed by atoms with van der Waals surface area (Å²) >= 11 is 5.91. The zero-order chi connectivity index (χ0) is 9.35. The average molecular weight is 190 g/mol. The number of hydroxylamine groups is 2. The first kappa shape index (κ1) is 9.87. The first-order valence-corrected chi connectivity index (χ1v) is 4.68. The van der Waals surface area contributed by atoms with E-state index in [-0.39, 0.29) is 11.6 Å². The fraction of sp³-hybridized carbons (Fsp3) is 0.778. The predicted molar refractivity (Wildman–Crippen MR) is 50.7 cm³/mol. The van der Waals surface area contributed by atoms with Gasteiger partial charge in [0, 0.05) is 0 Å². The van der Waals surface area contributed by atoms with E-state index in [1.807, 2.05) is 12.0 Å². The number of rotatable bonds is 2. The van der Waals surface area contributed by atoms with Crippen molar-refractivity contribution in [2.45, 2.75) is 45.7 Å². The Hall–Kier alpha value is -0.210. The molecule has 2 nitrogen and oxygen atoms in total. The Kier molecular flexibility index (Phi) is 2.69. The lowest BCUT2D eigenvalue weighted by atomic mass is 10.0. The quantitative estimate of drug-likeness (QED) is 0.663. The molecule has 1 aliphatic rings. The molecule has 0 aromatic rings. The highest BCUT2D eigenvalue weighted by molar-refractivity contribution is 6.30. The van der Waals surface area contributed by atoms with E-state index in [9.17, 15) is 0 Å². The van der Waals surface area contributed by atoms with Crippen LogP contribution in [0.15, 0.2) is 11.3 Å². The van der Waals surface area contributed by atoms with Crippen molar-refractivity contribution < 1.29 is 4.84 Å². The first-order chi connectivity index (χ1) is 5.49. The summed E-state index contributed by atoms with van der Waals surface area (Å²) in [4.78, 5) is 5.37. The molecule has 1 heterocycles. The molecule has 0 amide bonds. The third-order valence-electron chi connectivity index (χ3n) is 2.49. The Balaban J connectivity index is 2.69. The van der Waals surface area contributed by atoms with Crippen LogP contribution in [-0.2, 0) is 4.84 Å². The summed E-state index contributed by atoms with van der Waals surface area (Å²) in [5.74, 6) is 0. The number of hydrogen-bond acceptors (Lipinski definition) is 2. The fourth-order valence-electron chi connectivity index (χ4n) is 1.23. The van der Waals surface area contributed by atoms with E-state index in [0.29, 0.717) is 0 Å². The van der Waals surface area contributed by atoms with E-state index >= 15 is 0 Å². The van der Waals surface area contributed by atoms with Crippen molar-refractivity contribution in [1.82, 2.24) is 5.06 Å². The molecule has 0 aliphatic carbocycles. The van der Waals surface area contributed by atoms with Crippen molar-refractivity contribution in [3.05, 3.63) is 11.3 Å². The van der Waals surface area contributed by atoms with Gasteiger partial charge in [0.25, 0.3) is 0 Å². The van der Waals surface area contributed by atoms with Crippen LogP contribution in [0, 0.1) is 0 Å². The van der Waals surface area contributed by atoms with Gasteiger partial charge >= 0.3 is 0 Å². The summed E-state index contributed by atoms with van der Waals surface area (Å²) in [5, 5.41) is 2.71. The number of hydrogen-bond donors (Lipinski definition) is 0. The topological polar surface area (TPSA) is 12.5 Å². The minimum atomic E-state index is 0.0482. The van der Waals surface area contributed by atoms with E-state index in [0.717, 1.165) is 11.5 Å². The molecule has 0 saturated carbocycles. The van der Waals surface area contributed by atoms with Gasteiger partial charge in [-0.3, -0.25) is 0 Å². The van der Waals surface area contributed by atoms with E-state index in [1.54, 1.807) is 6.26 Å². The number of nitrogens with zero attached hydrogens (tertiary/aromatic N) is 1. The molecule has 0 spiro atoms. The van der Waals surface area contributed by atoms with Gasteiger partial charge in [0.1, 0.15) is 6.26 Å². The maximum Gasteiger partial charge on any atom is 0.127 e. The number of halogens is 1. The largest absolute Gasteiger partial charge is 0.411 e. The highest BCUT2D eigenvalue weighted by atomic mass is 35.5. The van der Waals surface area contributed by atoms with Crippen LogP contribution in [-0.4, -0.2) is 16.6 Å². The highest BCUT2D eigenvalue weighted by Gasteiger charge is 2.35. The SMILES string of the molecule is CCC(C)(C)N1OC=C(Cl)C1C. The molecule has 1 aliphatic heterocycles. The molecule has 1 unspecified atom stereocenters. The molecular weight excluding hydrogens is 174 g/mol. The summed E-state index contributed by atoms with van der Waals surface area (Å²) in [6.07, 6.45) is 2.65. The summed E-state index contributed by atoms with van der Waals surface area (Å²) < 4.78 is 0. The third-order valence-corrected chi connectivity index (χ3v) is 2.90. The first-order valence-electron chi connectivity index (χ1n) is 4.30. The van der Waals surface area contributed by atoms with E-state index in [2.05, 4.69) is 20.8 Å². The molecule has 70 valence electrons. The van der Waals surface area contributed by atoms with Crippen molar-refractivity contribution in [1.29, 1.82) is 0 Å². The molecule has 0 aromatic heterocycles. The molecule has 1 rings (SSSR count). The lowest BCUT2D eigenvalue weighted by Crippen LogP contribution is -2.45. The second kappa shape index (κ2) is 3.27. The molecule has 0 aromatic carbocycles. The Labute approximate surface area is 79.1 Å². The van der Waals surface area contributed by atoms with Gasteiger partial charge in [-0.15, -0.1) is 5.06 Å². The van der Waals surface area contributed by atoms with Gasteiger partial charge in [0.2, 0.25) is 0 Å². The smallest absolute Gasteiger partial charge is 0.127 e. The van der Waals surface area contributed by atoms with Crippen molar-refractivity contribution in [3.63, 3.8) is 0 Å². The van der Waals surface area contributed by atoms with Crippen molar-refractivity contribution in [2.24, 2.45) is 0 Å². The van der Waals surface area contributed by atoms with Crippen LogP contribution in [0.4, 0.5) is 0 Å². The average Bonchev–Trinajstić information content (AvgIpc) is 2.33. The molecule has 3 heteroatoms. The third kappa shape index (κ3) is 1.59. The maximum atomic E-state index is 5.91. The standard InChI is InChI=1S/C9H16ClNO/c1-5-9(3,4)11-7(2)8(10)6-12-11/h6-7H,5H2,1-4H3. The minimum absolute atomic E-state index is 0.0482. The highest BCUT2D eigenvalue weighted by Crippen LogP contribution is 2.31. The zero-order valence-electron chi connectivity index (χ0n) is 8.10. The van der Waals surface area contributed by atoms with E-state index in [4.69, 9.17) is 16.4 Å². The normalized spacial score (nSPS) is 25.4. The molecule has 0 bridgehead atoms. The van der Waals surface area contributed by atoms with Crippen LogP contribution < -0.4 is 0 Å². The van der Waals surface area contributed by atoms with Gasteiger partial charge in [0.15, 0.2) is 0 Å².